The van der Waals surface area contributed by atoms with Crippen LogP contribution in [-0.2, 0) is 6.42 Å². The first-order valence-corrected chi connectivity index (χ1v) is 8.57. The Morgan fingerprint density at radius 3 is 2.89 bits per heavy atom. The van der Waals surface area contributed by atoms with Crippen LogP contribution >= 0.6 is 23.5 Å². The Labute approximate surface area is 115 Å². The van der Waals surface area contributed by atoms with Crippen molar-refractivity contribution >= 4 is 23.5 Å². The zero-order valence-corrected chi connectivity index (χ0v) is 12.0. The number of hydrogen-bond acceptors (Lipinski definition) is 6. The van der Waals surface area contributed by atoms with Crippen molar-refractivity contribution in [3.05, 3.63) is 11.7 Å². The molecule has 1 aliphatic carbocycles. The van der Waals surface area contributed by atoms with Crippen molar-refractivity contribution in [1.29, 1.82) is 0 Å². The van der Waals surface area contributed by atoms with Crippen molar-refractivity contribution in [2.45, 2.75) is 42.8 Å². The average Bonchev–Trinajstić information content (AvgIpc) is 3.12. The molecule has 1 saturated carbocycles. The molecule has 0 bridgehead atoms. The van der Waals surface area contributed by atoms with Crippen LogP contribution in [0.1, 0.15) is 36.7 Å². The number of thioether (sulfide) groups is 2. The van der Waals surface area contributed by atoms with Gasteiger partial charge in [0.25, 0.3) is 0 Å². The summed E-state index contributed by atoms with van der Waals surface area (Å²) in [6, 6.07) is 0. The maximum atomic E-state index is 9.88. The Morgan fingerprint density at radius 2 is 2.17 bits per heavy atom. The summed E-state index contributed by atoms with van der Waals surface area (Å²) in [5.41, 5.74) is 0. The van der Waals surface area contributed by atoms with E-state index in [4.69, 9.17) is 4.52 Å². The molecule has 1 aromatic rings. The van der Waals surface area contributed by atoms with Crippen molar-refractivity contribution in [2.24, 2.45) is 5.92 Å². The molecule has 2 heterocycles. The monoisotopic (exact) mass is 286 g/mol. The number of aromatic nitrogens is 2. The van der Waals surface area contributed by atoms with E-state index in [2.05, 4.69) is 17.1 Å². The van der Waals surface area contributed by atoms with E-state index in [1.165, 1.54) is 5.75 Å². The van der Waals surface area contributed by atoms with Gasteiger partial charge in [0.1, 0.15) is 0 Å². The zero-order chi connectivity index (χ0) is 12.5. The van der Waals surface area contributed by atoms with Crippen LogP contribution in [0, 0.1) is 5.92 Å². The van der Waals surface area contributed by atoms with E-state index in [9.17, 15) is 5.11 Å². The van der Waals surface area contributed by atoms with Crippen LogP contribution in [0.2, 0.25) is 0 Å². The van der Waals surface area contributed by atoms with Crippen molar-refractivity contribution in [1.82, 2.24) is 10.1 Å². The third-order valence-electron chi connectivity index (χ3n) is 3.48. The van der Waals surface area contributed by atoms with Gasteiger partial charge >= 0.3 is 0 Å². The largest absolute Gasteiger partial charge is 0.392 e. The molecule has 1 aromatic heterocycles. The van der Waals surface area contributed by atoms with Gasteiger partial charge in [-0.2, -0.15) is 16.7 Å². The molecule has 0 amide bonds. The topological polar surface area (TPSA) is 59.2 Å². The molecule has 3 atom stereocenters. The fraction of sp³-hybridized carbons (Fsp3) is 0.833. The SMILES string of the molecule is CC1SCCSC1c1noc(CC(O)C2CC2)n1. The summed E-state index contributed by atoms with van der Waals surface area (Å²) in [4.78, 5) is 4.46. The molecule has 100 valence electrons. The molecular formula is C12H18N2O2S2. The molecule has 4 nitrogen and oxygen atoms in total. The smallest absolute Gasteiger partial charge is 0.229 e. The second kappa shape index (κ2) is 5.43. The van der Waals surface area contributed by atoms with E-state index in [-0.39, 0.29) is 6.10 Å². The van der Waals surface area contributed by atoms with Crippen LogP contribution in [0.3, 0.4) is 0 Å². The number of aliphatic hydroxyl groups is 1. The number of nitrogens with zero attached hydrogens (tertiary/aromatic N) is 2. The molecule has 2 aliphatic rings. The molecule has 0 aromatic carbocycles. The van der Waals surface area contributed by atoms with Gasteiger partial charge in [0.15, 0.2) is 5.82 Å². The van der Waals surface area contributed by atoms with Crippen LogP contribution in [0.15, 0.2) is 4.52 Å². The summed E-state index contributed by atoms with van der Waals surface area (Å²) in [5, 5.41) is 14.8. The molecular weight excluding hydrogens is 268 g/mol. The lowest BCUT2D eigenvalue weighted by molar-refractivity contribution is 0.140. The van der Waals surface area contributed by atoms with Crippen LogP contribution in [-0.4, -0.2) is 38.1 Å². The zero-order valence-electron chi connectivity index (χ0n) is 10.4. The predicted octanol–water partition coefficient (Wildman–Crippen LogP) is 2.29. The van der Waals surface area contributed by atoms with Gasteiger partial charge in [0.2, 0.25) is 5.89 Å². The van der Waals surface area contributed by atoms with E-state index in [1.54, 1.807) is 0 Å². The first-order chi connectivity index (χ1) is 8.74. The van der Waals surface area contributed by atoms with Gasteiger partial charge in [-0.05, 0) is 18.8 Å². The first kappa shape index (κ1) is 12.8. The minimum Gasteiger partial charge on any atom is -0.392 e. The van der Waals surface area contributed by atoms with Crippen LogP contribution < -0.4 is 0 Å². The lowest BCUT2D eigenvalue weighted by Crippen LogP contribution is -2.17. The summed E-state index contributed by atoms with van der Waals surface area (Å²) in [6.07, 6.45) is 2.48. The molecule has 18 heavy (non-hydrogen) atoms. The van der Waals surface area contributed by atoms with Gasteiger partial charge < -0.3 is 9.63 Å². The van der Waals surface area contributed by atoms with Crippen molar-refractivity contribution in [3.63, 3.8) is 0 Å². The molecule has 1 N–H and O–H groups in total. The van der Waals surface area contributed by atoms with Crippen molar-refractivity contribution in [2.75, 3.05) is 11.5 Å². The second-order valence-corrected chi connectivity index (χ2v) is 7.76. The number of rotatable bonds is 4. The minimum absolute atomic E-state index is 0.302. The maximum Gasteiger partial charge on any atom is 0.229 e. The van der Waals surface area contributed by atoms with Gasteiger partial charge in [-0.25, -0.2) is 0 Å². The average molecular weight is 286 g/mol. The minimum atomic E-state index is -0.302. The maximum absolute atomic E-state index is 9.88. The quantitative estimate of drug-likeness (QED) is 0.916. The van der Waals surface area contributed by atoms with Crippen LogP contribution in [0.25, 0.3) is 0 Å². The molecule has 1 saturated heterocycles. The lowest BCUT2D eigenvalue weighted by Gasteiger charge is -2.24. The first-order valence-electron chi connectivity index (χ1n) is 6.48. The third-order valence-corrected chi connectivity index (χ3v) is 6.56. The summed E-state index contributed by atoms with van der Waals surface area (Å²) >= 11 is 3.87. The van der Waals surface area contributed by atoms with E-state index >= 15 is 0 Å². The van der Waals surface area contributed by atoms with Gasteiger partial charge in [0.05, 0.1) is 17.8 Å². The summed E-state index contributed by atoms with van der Waals surface area (Å²) in [7, 11) is 0. The molecule has 1 aliphatic heterocycles. The fourth-order valence-corrected chi connectivity index (χ4v) is 4.89. The van der Waals surface area contributed by atoms with Crippen molar-refractivity contribution < 1.29 is 9.63 Å². The fourth-order valence-electron chi connectivity index (χ4n) is 2.21. The molecule has 6 heteroatoms. The van der Waals surface area contributed by atoms with E-state index in [1.807, 2.05) is 23.5 Å². The molecule has 0 radical (unpaired) electrons. The standard InChI is InChI=1S/C12H18N2O2S2/c1-7-11(18-5-4-17-7)12-13-10(16-14-12)6-9(15)8-2-3-8/h7-9,11,15H,2-6H2,1H3. The lowest BCUT2D eigenvalue weighted by atomic mass is 10.2. The summed E-state index contributed by atoms with van der Waals surface area (Å²) in [6.45, 7) is 2.22. The molecule has 2 fully saturated rings. The number of hydrogen-bond donors (Lipinski definition) is 1. The van der Waals surface area contributed by atoms with Gasteiger partial charge in [-0.1, -0.05) is 12.1 Å². The summed E-state index contributed by atoms with van der Waals surface area (Å²) < 4.78 is 5.27. The van der Waals surface area contributed by atoms with E-state index < -0.39 is 0 Å². The predicted molar refractivity (Wildman–Crippen MR) is 73.9 cm³/mol. The van der Waals surface area contributed by atoms with E-state index in [0.29, 0.717) is 28.7 Å². The highest BCUT2D eigenvalue weighted by Gasteiger charge is 2.32. The Balaban J connectivity index is 1.64. The highest BCUT2D eigenvalue weighted by atomic mass is 32.2. The van der Waals surface area contributed by atoms with Crippen LogP contribution in [0.5, 0.6) is 0 Å². The highest BCUT2D eigenvalue weighted by Crippen LogP contribution is 2.41. The van der Waals surface area contributed by atoms with Crippen molar-refractivity contribution in [3.8, 4) is 0 Å². The van der Waals surface area contributed by atoms with Crippen LogP contribution in [0.4, 0.5) is 0 Å². The van der Waals surface area contributed by atoms with Gasteiger partial charge in [-0.3, -0.25) is 0 Å². The Kier molecular flexibility index (Phi) is 3.86. The Hall–Kier alpha value is -0.200. The Bertz CT molecular complexity index is 409. The number of aliphatic hydroxyl groups excluding tert-OH is 1. The molecule has 0 spiro atoms. The Morgan fingerprint density at radius 1 is 1.39 bits per heavy atom. The van der Waals surface area contributed by atoms with Gasteiger partial charge in [-0.15, -0.1) is 11.8 Å². The van der Waals surface area contributed by atoms with E-state index in [0.717, 1.165) is 24.4 Å². The molecule has 3 rings (SSSR count). The van der Waals surface area contributed by atoms with Gasteiger partial charge in [0, 0.05) is 16.8 Å². The second-order valence-electron chi connectivity index (χ2n) is 5.02. The molecule has 3 unspecified atom stereocenters. The highest BCUT2D eigenvalue weighted by molar-refractivity contribution is 8.06. The third kappa shape index (κ3) is 2.86. The summed E-state index contributed by atoms with van der Waals surface area (Å²) in [5.74, 6) is 4.20. The normalized spacial score (nSPS) is 30.3.